The Labute approximate surface area is 147 Å². The summed E-state index contributed by atoms with van der Waals surface area (Å²) in [4.78, 5) is 27.7. The average molecular weight is 347 g/mol. The number of rotatable bonds is 5. The van der Waals surface area contributed by atoms with Gasteiger partial charge in [-0.3, -0.25) is 9.59 Å². The molecule has 0 spiro atoms. The summed E-state index contributed by atoms with van der Waals surface area (Å²) in [5, 5.41) is 1.95. The van der Waals surface area contributed by atoms with E-state index in [1.807, 2.05) is 17.5 Å². The number of hydrogen-bond acceptors (Lipinski definition) is 4. The first-order valence-electron chi connectivity index (χ1n) is 9.02. The Morgan fingerprint density at radius 2 is 1.83 bits per heavy atom. The fourth-order valence-corrected chi connectivity index (χ4v) is 6.46. The quantitative estimate of drug-likeness (QED) is 0.763. The van der Waals surface area contributed by atoms with Gasteiger partial charge in [-0.1, -0.05) is 6.07 Å². The summed E-state index contributed by atoms with van der Waals surface area (Å²) in [6.07, 6.45) is 7.69. The second kappa shape index (κ2) is 6.17. The molecular formula is C19H25NO3S. The highest BCUT2D eigenvalue weighted by atomic mass is 32.1. The van der Waals surface area contributed by atoms with Crippen molar-refractivity contribution in [1.29, 1.82) is 0 Å². The fourth-order valence-electron chi connectivity index (χ4n) is 5.79. The molecule has 0 radical (unpaired) electrons. The minimum atomic E-state index is -0.233. The summed E-state index contributed by atoms with van der Waals surface area (Å²) in [5.74, 6) is 2.19. The van der Waals surface area contributed by atoms with Crippen molar-refractivity contribution < 1.29 is 14.3 Å². The second-order valence-corrected chi connectivity index (χ2v) is 8.85. The van der Waals surface area contributed by atoms with Crippen LogP contribution in [-0.2, 0) is 9.53 Å². The van der Waals surface area contributed by atoms with E-state index in [1.165, 1.54) is 37.7 Å². The fraction of sp³-hybridized carbons (Fsp3) is 0.684. The van der Waals surface area contributed by atoms with Crippen molar-refractivity contribution in [3.63, 3.8) is 0 Å². The van der Waals surface area contributed by atoms with Crippen LogP contribution in [0.25, 0.3) is 0 Å². The minimum Gasteiger partial charge on any atom is -0.469 e. The number of carbonyl (C=O) groups excluding carboxylic acids is 2. The van der Waals surface area contributed by atoms with Gasteiger partial charge >= 0.3 is 5.97 Å². The van der Waals surface area contributed by atoms with E-state index in [9.17, 15) is 9.59 Å². The van der Waals surface area contributed by atoms with Gasteiger partial charge in [0.25, 0.3) is 5.91 Å². The van der Waals surface area contributed by atoms with Gasteiger partial charge < -0.3 is 9.64 Å². The molecule has 0 saturated heterocycles. The van der Waals surface area contributed by atoms with Gasteiger partial charge in [-0.05, 0) is 67.7 Å². The first kappa shape index (κ1) is 16.1. The van der Waals surface area contributed by atoms with Gasteiger partial charge in [-0.15, -0.1) is 11.3 Å². The molecule has 4 bridgehead atoms. The van der Waals surface area contributed by atoms with Crippen molar-refractivity contribution in [2.75, 3.05) is 13.7 Å². The van der Waals surface area contributed by atoms with Crippen LogP contribution in [0.15, 0.2) is 17.5 Å². The Morgan fingerprint density at radius 1 is 1.21 bits per heavy atom. The molecule has 0 unspecified atom stereocenters. The maximum Gasteiger partial charge on any atom is 0.307 e. The highest BCUT2D eigenvalue weighted by Gasteiger charge is 2.54. The summed E-state index contributed by atoms with van der Waals surface area (Å²) >= 11 is 1.50. The van der Waals surface area contributed by atoms with Gasteiger partial charge in [0.05, 0.1) is 18.4 Å². The van der Waals surface area contributed by atoms with Gasteiger partial charge in [-0.2, -0.15) is 0 Å². The summed E-state index contributed by atoms with van der Waals surface area (Å²) in [6.45, 7) is 0.482. The lowest BCUT2D eigenvalue weighted by atomic mass is 9.52. The molecule has 24 heavy (non-hydrogen) atoms. The van der Waals surface area contributed by atoms with Crippen molar-refractivity contribution in [2.45, 2.75) is 50.5 Å². The number of hydrogen-bond donors (Lipinski definition) is 0. The zero-order valence-electron chi connectivity index (χ0n) is 14.2. The van der Waals surface area contributed by atoms with E-state index in [0.717, 1.165) is 41.9 Å². The molecule has 4 aliphatic carbocycles. The van der Waals surface area contributed by atoms with Crippen LogP contribution in [0.4, 0.5) is 0 Å². The largest absolute Gasteiger partial charge is 0.469 e. The number of nitrogens with zero attached hydrogens (tertiary/aromatic N) is 1. The molecule has 5 rings (SSSR count). The lowest BCUT2D eigenvalue weighted by Crippen LogP contribution is -2.61. The van der Waals surface area contributed by atoms with Gasteiger partial charge in [0, 0.05) is 12.1 Å². The van der Waals surface area contributed by atoms with Crippen LogP contribution in [0.2, 0.25) is 0 Å². The van der Waals surface area contributed by atoms with Crippen molar-refractivity contribution in [2.24, 2.45) is 17.8 Å². The molecule has 4 fully saturated rings. The van der Waals surface area contributed by atoms with Crippen molar-refractivity contribution in [3.8, 4) is 0 Å². The predicted octanol–water partition coefficient (Wildman–Crippen LogP) is 3.72. The summed E-state index contributed by atoms with van der Waals surface area (Å²) in [5.41, 5.74) is -0.0240. The molecule has 1 heterocycles. The van der Waals surface area contributed by atoms with Crippen LogP contribution in [0.5, 0.6) is 0 Å². The summed E-state index contributed by atoms with van der Waals surface area (Å²) in [7, 11) is 1.42. The number of carbonyl (C=O) groups is 2. The summed E-state index contributed by atoms with van der Waals surface area (Å²) in [6, 6.07) is 3.83. The monoisotopic (exact) mass is 347 g/mol. The minimum absolute atomic E-state index is 0.0240. The topological polar surface area (TPSA) is 46.6 Å². The Kier molecular flexibility index (Phi) is 4.15. The molecular weight excluding hydrogens is 322 g/mol. The second-order valence-electron chi connectivity index (χ2n) is 7.90. The molecule has 130 valence electrons. The molecule has 1 aromatic heterocycles. The van der Waals surface area contributed by atoms with Gasteiger partial charge in [0.1, 0.15) is 0 Å². The molecule has 1 aromatic rings. The third-order valence-electron chi connectivity index (χ3n) is 6.32. The summed E-state index contributed by atoms with van der Waals surface area (Å²) < 4.78 is 4.82. The van der Waals surface area contributed by atoms with E-state index in [0.29, 0.717) is 6.54 Å². The molecule has 0 atom stereocenters. The van der Waals surface area contributed by atoms with Crippen LogP contribution in [0.1, 0.15) is 54.6 Å². The van der Waals surface area contributed by atoms with Crippen LogP contribution >= 0.6 is 11.3 Å². The molecule has 5 heteroatoms. The van der Waals surface area contributed by atoms with Crippen molar-refractivity contribution in [3.05, 3.63) is 22.4 Å². The Bertz CT molecular complexity index is 589. The smallest absolute Gasteiger partial charge is 0.307 e. The highest BCUT2D eigenvalue weighted by molar-refractivity contribution is 7.12. The SMILES string of the molecule is COC(=O)CCN(C(=O)c1cccs1)C12CC3CC(CC(C3)C1)C2. The first-order valence-corrected chi connectivity index (χ1v) is 9.90. The molecule has 0 aromatic carbocycles. The Hall–Kier alpha value is -1.36. The van der Waals surface area contributed by atoms with Gasteiger partial charge in [0.2, 0.25) is 0 Å². The molecule has 0 aliphatic heterocycles. The molecule has 4 saturated carbocycles. The van der Waals surface area contributed by atoms with Crippen LogP contribution in [-0.4, -0.2) is 36.0 Å². The average Bonchev–Trinajstić information content (AvgIpc) is 3.07. The standard InChI is InChI=1S/C19H25NO3S/c1-23-17(21)4-5-20(18(22)16-3-2-6-24-16)19-10-13-7-14(11-19)9-15(8-13)12-19/h2-3,6,13-15H,4-5,7-12H2,1H3. The van der Waals surface area contributed by atoms with Crippen LogP contribution in [0.3, 0.4) is 0 Å². The lowest BCUT2D eigenvalue weighted by Gasteiger charge is -2.60. The number of thiophene rings is 1. The highest BCUT2D eigenvalue weighted by Crippen LogP contribution is 2.58. The first-order chi connectivity index (χ1) is 11.6. The maximum atomic E-state index is 13.2. The Balaban J connectivity index is 1.62. The van der Waals surface area contributed by atoms with Crippen LogP contribution < -0.4 is 0 Å². The van der Waals surface area contributed by atoms with E-state index >= 15 is 0 Å². The maximum absolute atomic E-state index is 13.2. The van der Waals surface area contributed by atoms with Crippen molar-refractivity contribution in [1.82, 2.24) is 4.90 Å². The van der Waals surface area contributed by atoms with Crippen LogP contribution in [0, 0.1) is 17.8 Å². The van der Waals surface area contributed by atoms with E-state index in [2.05, 4.69) is 4.90 Å². The zero-order chi connectivity index (χ0) is 16.7. The van der Waals surface area contributed by atoms with E-state index in [4.69, 9.17) is 4.74 Å². The van der Waals surface area contributed by atoms with E-state index in [1.54, 1.807) is 0 Å². The van der Waals surface area contributed by atoms with Gasteiger partial charge in [0.15, 0.2) is 0 Å². The normalized spacial score (nSPS) is 33.5. The Morgan fingerprint density at radius 3 is 2.33 bits per heavy atom. The molecule has 4 nitrogen and oxygen atoms in total. The molecule has 1 amide bonds. The number of amides is 1. The lowest BCUT2D eigenvalue weighted by molar-refractivity contribution is -0.141. The van der Waals surface area contributed by atoms with Crippen molar-refractivity contribution >= 4 is 23.2 Å². The number of methoxy groups -OCH3 is 1. The molecule has 4 aliphatic rings. The number of esters is 1. The van der Waals surface area contributed by atoms with E-state index < -0.39 is 0 Å². The van der Waals surface area contributed by atoms with Gasteiger partial charge in [-0.25, -0.2) is 0 Å². The third kappa shape index (κ3) is 2.77. The third-order valence-corrected chi connectivity index (χ3v) is 7.18. The molecule has 0 N–H and O–H groups in total. The number of ether oxygens (including phenoxy) is 1. The predicted molar refractivity (Wildman–Crippen MR) is 92.9 cm³/mol. The van der Waals surface area contributed by atoms with E-state index in [-0.39, 0.29) is 23.8 Å². The zero-order valence-corrected chi connectivity index (χ0v) is 15.0.